The molecule has 12 atom stereocenters. The average molecular weight is 847 g/mol. The summed E-state index contributed by atoms with van der Waals surface area (Å²) in [5.74, 6) is 1.84. The molecule has 6 aliphatic rings. The molecule has 60 heavy (non-hydrogen) atoms. The Kier molecular flexibility index (Phi) is 13.2. The van der Waals surface area contributed by atoms with E-state index >= 15 is 0 Å². The average Bonchev–Trinajstić information content (AvgIpc) is 3.49. The van der Waals surface area contributed by atoms with E-state index in [-0.39, 0.29) is 63.9 Å². The smallest absolute Gasteiger partial charge is 0.306 e. The van der Waals surface area contributed by atoms with Crippen molar-refractivity contribution in [2.45, 2.75) is 144 Å². The number of Topliss-reactive ketones (excluding diaryl/α,β-unsaturated/α-hetero) is 2. The first-order chi connectivity index (χ1) is 28.4. The lowest BCUT2D eigenvalue weighted by Crippen LogP contribution is -2.58. The van der Waals surface area contributed by atoms with Crippen LogP contribution in [-0.2, 0) is 19.2 Å². The fourth-order valence-corrected chi connectivity index (χ4v) is 14.8. The summed E-state index contributed by atoms with van der Waals surface area (Å²) < 4.78 is 0. The second-order valence-corrected chi connectivity index (χ2v) is 21.9. The quantitative estimate of drug-likeness (QED) is 0.128. The Balaban J connectivity index is 1.05. The van der Waals surface area contributed by atoms with E-state index in [0.717, 1.165) is 63.4 Å². The first-order valence-electron chi connectivity index (χ1n) is 23.5. The van der Waals surface area contributed by atoms with Crippen LogP contribution >= 0.6 is 11.6 Å². The summed E-state index contributed by atoms with van der Waals surface area (Å²) in [7, 11) is 0. The minimum absolute atomic E-state index is 0.0186. The zero-order chi connectivity index (χ0) is 43.3. The lowest BCUT2D eigenvalue weighted by atomic mass is 9.39. The molecule has 5 saturated carbocycles. The number of carbonyl (C=O) groups excluding carboxylic acids is 4. The van der Waals surface area contributed by atoms with E-state index in [0.29, 0.717) is 91.3 Å². The summed E-state index contributed by atoms with van der Waals surface area (Å²) in [6.45, 7) is 14.5. The summed E-state index contributed by atoms with van der Waals surface area (Å²) >= 11 is 6.04. The summed E-state index contributed by atoms with van der Waals surface area (Å²) in [5.41, 5.74) is 8.39. The van der Waals surface area contributed by atoms with Gasteiger partial charge in [0.25, 0.3) is 5.91 Å². The minimum atomic E-state index is -0.773. The third-order valence-electron chi connectivity index (χ3n) is 17.8. The number of hydrogen-bond donors (Lipinski definition) is 4. The molecule has 10 heteroatoms. The number of amides is 2. The molecule has 0 saturated heterocycles. The number of carboxylic acid groups (broad SMARTS) is 1. The Morgan fingerprint density at radius 2 is 1.67 bits per heavy atom. The predicted octanol–water partition coefficient (Wildman–Crippen LogP) is 9.21. The SMILES string of the molecule is CC(C)C1=C2C3CCC4C(CCC5C(C)(C)C(CC(=O)C6CC(C(=O)O)C6C)CCC45C)C3CCC2(CC(=O)NC(CCCCN)CNC(=O)c2ccc(Cl)cc2)CC1=O. The van der Waals surface area contributed by atoms with Crippen LogP contribution in [0.4, 0.5) is 0 Å². The van der Waals surface area contributed by atoms with Gasteiger partial charge in [-0.05, 0) is 165 Å². The molecule has 6 aliphatic carbocycles. The number of ketones is 2. The van der Waals surface area contributed by atoms with E-state index in [1.807, 2.05) is 6.92 Å². The highest BCUT2D eigenvalue weighted by Gasteiger charge is 2.63. The number of rotatable bonds is 15. The molecule has 330 valence electrons. The molecule has 0 bridgehead atoms. The molecule has 5 N–H and O–H groups in total. The zero-order valence-electron chi connectivity index (χ0n) is 37.1. The van der Waals surface area contributed by atoms with Crippen molar-refractivity contribution < 1.29 is 29.1 Å². The van der Waals surface area contributed by atoms with Crippen molar-refractivity contribution in [3.63, 3.8) is 0 Å². The molecular formula is C50H72ClN3O6. The first kappa shape index (κ1) is 45.0. The van der Waals surface area contributed by atoms with Crippen molar-refractivity contribution in [2.75, 3.05) is 13.1 Å². The van der Waals surface area contributed by atoms with Gasteiger partial charge in [-0.2, -0.15) is 0 Å². The van der Waals surface area contributed by atoms with E-state index < -0.39 is 11.4 Å². The van der Waals surface area contributed by atoms with Crippen molar-refractivity contribution in [3.05, 3.63) is 46.0 Å². The van der Waals surface area contributed by atoms with E-state index in [4.69, 9.17) is 17.3 Å². The molecule has 12 unspecified atom stereocenters. The van der Waals surface area contributed by atoms with Gasteiger partial charge in [-0.1, -0.05) is 65.1 Å². The van der Waals surface area contributed by atoms with E-state index in [9.17, 15) is 29.1 Å². The number of halogens is 1. The Morgan fingerprint density at radius 1 is 0.933 bits per heavy atom. The number of nitrogens with two attached hydrogens (primary N) is 1. The Morgan fingerprint density at radius 3 is 2.33 bits per heavy atom. The molecule has 0 aliphatic heterocycles. The highest BCUT2D eigenvalue weighted by Crippen LogP contribution is 2.70. The molecular weight excluding hydrogens is 774 g/mol. The van der Waals surface area contributed by atoms with Crippen LogP contribution in [0.5, 0.6) is 0 Å². The van der Waals surface area contributed by atoms with Crippen molar-refractivity contribution in [3.8, 4) is 0 Å². The Bertz CT molecular complexity index is 1860. The number of benzene rings is 1. The summed E-state index contributed by atoms with van der Waals surface area (Å²) in [6.07, 6.45) is 12.7. The van der Waals surface area contributed by atoms with Crippen LogP contribution in [0.1, 0.15) is 148 Å². The van der Waals surface area contributed by atoms with Gasteiger partial charge >= 0.3 is 5.97 Å². The maximum atomic E-state index is 14.2. The van der Waals surface area contributed by atoms with Crippen molar-refractivity contribution in [2.24, 2.45) is 81.2 Å². The lowest BCUT2D eigenvalue weighted by Gasteiger charge is -2.65. The first-order valence-corrected chi connectivity index (χ1v) is 23.9. The van der Waals surface area contributed by atoms with Gasteiger partial charge in [0.15, 0.2) is 5.78 Å². The number of aliphatic carboxylic acids is 1. The van der Waals surface area contributed by atoms with E-state index in [1.54, 1.807) is 24.3 Å². The fourth-order valence-electron chi connectivity index (χ4n) is 14.7. The van der Waals surface area contributed by atoms with Crippen LogP contribution < -0.4 is 16.4 Å². The molecule has 7 rings (SSSR count). The molecule has 0 spiro atoms. The van der Waals surface area contributed by atoms with Gasteiger partial charge in [-0.15, -0.1) is 0 Å². The number of hydrogen-bond acceptors (Lipinski definition) is 6. The van der Waals surface area contributed by atoms with Crippen LogP contribution in [0.2, 0.25) is 5.02 Å². The van der Waals surface area contributed by atoms with Crippen molar-refractivity contribution >= 4 is 41.0 Å². The van der Waals surface area contributed by atoms with Crippen LogP contribution in [-0.4, -0.2) is 53.6 Å². The Hall–Kier alpha value is -3.04. The fraction of sp³-hybridized carbons (Fsp3) is 0.740. The predicted molar refractivity (Wildman–Crippen MR) is 235 cm³/mol. The standard InChI is InChI=1S/C50H72ClN3O6/c1-28(2)44-41(56)25-50(26-43(57)54-33(9-7-8-22-52)27-53-46(58)30-10-12-32(51)13-11-30)21-19-34-35-15-17-42-48(4,5)31(23-40(55)37-24-38(29(37)3)47(59)60)18-20-49(42,6)39(35)16-14-36(34)45(44)50/h10-13,28-29,31,33-39,42H,7-9,14-27,52H2,1-6H3,(H,53,58)(H,54,57)(H,59,60). The van der Waals surface area contributed by atoms with Crippen LogP contribution in [0.25, 0.3) is 0 Å². The number of allylic oxidation sites excluding steroid dienone is 2. The third kappa shape index (κ3) is 8.29. The van der Waals surface area contributed by atoms with Crippen LogP contribution in [0.15, 0.2) is 35.4 Å². The van der Waals surface area contributed by atoms with Gasteiger partial charge in [0.05, 0.1) is 5.92 Å². The molecule has 5 fully saturated rings. The molecule has 1 aromatic carbocycles. The van der Waals surface area contributed by atoms with Gasteiger partial charge in [0.2, 0.25) is 5.91 Å². The number of carboxylic acids is 1. The third-order valence-corrected chi connectivity index (χ3v) is 18.0. The normalized spacial score (nSPS) is 36.0. The minimum Gasteiger partial charge on any atom is -0.481 e. The topological polar surface area (TPSA) is 156 Å². The summed E-state index contributed by atoms with van der Waals surface area (Å²) in [6, 6.07) is 6.52. The molecule has 1 aromatic rings. The van der Waals surface area contributed by atoms with Gasteiger partial charge < -0.3 is 21.5 Å². The van der Waals surface area contributed by atoms with E-state index in [1.165, 1.54) is 12.0 Å². The van der Waals surface area contributed by atoms with Gasteiger partial charge in [0, 0.05) is 53.8 Å². The maximum absolute atomic E-state index is 14.2. The largest absolute Gasteiger partial charge is 0.481 e. The summed E-state index contributed by atoms with van der Waals surface area (Å²) in [5, 5.41) is 16.4. The van der Waals surface area contributed by atoms with Gasteiger partial charge in [0.1, 0.15) is 5.78 Å². The number of unbranched alkanes of at least 4 members (excludes halogenated alkanes) is 1. The van der Waals surface area contributed by atoms with Gasteiger partial charge in [-0.25, -0.2) is 0 Å². The Labute approximate surface area is 363 Å². The number of carbonyl (C=O) groups is 5. The molecule has 0 radical (unpaired) electrons. The zero-order valence-corrected chi connectivity index (χ0v) is 37.9. The molecule has 0 heterocycles. The second kappa shape index (κ2) is 17.6. The molecule has 0 aromatic heterocycles. The van der Waals surface area contributed by atoms with Crippen molar-refractivity contribution in [1.82, 2.24) is 10.6 Å². The highest BCUT2D eigenvalue weighted by atomic mass is 35.5. The van der Waals surface area contributed by atoms with Crippen LogP contribution in [0.3, 0.4) is 0 Å². The van der Waals surface area contributed by atoms with Gasteiger partial charge in [-0.3, -0.25) is 24.0 Å². The molecule has 9 nitrogen and oxygen atoms in total. The second-order valence-electron chi connectivity index (χ2n) is 21.5. The summed E-state index contributed by atoms with van der Waals surface area (Å²) in [4.78, 5) is 66.6. The van der Waals surface area contributed by atoms with Crippen molar-refractivity contribution in [1.29, 1.82) is 0 Å². The number of fused-ring (bicyclic) bond motifs is 7. The number of nitrogens with one attached hydrogen (secondary N) is 2. The maximum Gasteiger partial charge on any atom is 0.306 e. The lowest BCUT2D eigenvalue weighted by molar-refractivity contribution is -0.163. The van der Waals surface area contributed by atoms with Crippen LogP contribution in [0, 0.1) is 75.4 Å². The highest BCUT2D eigenvalue weighted by molar-refractivity contribution is 6.30. The molecule has 2 amide bonds. The monoisotopic (exact) mass is 846 g/mol. The van der Waals surface area contributed by atoms with E-state index in [2.05, 4.69) is 45.3 Å².